The van der Waals surface area contributed by atoms with Gasteiger partial charge in [0.25, 0.3) is 11.8 Å². The first-order valence-corrected chi connectivity index (χ1v) is 8.52. The summed E-state index contributed by atoms with van der Waals surface area (Å²) in [5.74, 6) is -0.816. The highest BCUT2D eigenvalue weighted by molar-refractivity contribution is 6.33. The fraction of sp³-hybridized carbons (Fsp3) is 0.263. The Morgan fingerprint density at radius 1 is 1.08 bits per heavy atom. The lowest BCUT2D eigenvalue weighted by Crippen LogP contribution is -2.46. The number of carbonyl (C=O) groups excluding carboxylic acids is 2. The van der Waals surface area contributed by atoms with Crippen LogP contribution in [0, 0.1) is 5.82 Å². The van der Waals surface area contributed by atoms with Gasteiger partial charge in [-0.1, -0.05) is 29.8 Å². The molecule has 2 aromatic rings. The van der Waals surface area contributed by atoms with Crippen LogP contribution < -0.4 is 5.32 Å². The van der Waals surface area contributed by atoms with Crippen molar-refractivity contribution in [2.75, 3.05) is 13.1 Å². The number of hydrogen-bond donors (Lipinski definition) is 1. The summed E-state index contributed by atoms with van der Waals surface area (Å²) < 4.78 is 13.3. The van der Waals surface area contributed by atoms with Crippen LogP contribution in [0.5, 0.6) is 0 Å². The predicted octanol–water partition coefficient (Wildman–Crippen LogP) is 3.51. The van der Waals surface area contributed by atoms with Crippen molar-refractivity contribution < 1.29 is 14.0 Å². The van der Waals surface area contributed by atoms with Gasteiger partial charge in [0.2, 0.25) is 0 Å². The standard InChI is InChI=1S/C19H18ClFN2O2/c20-17-7-2-1-6-16(17)18(24)22-15-8-10-23(11-9-15)19(25)13-4-3-5-14(21)12-13/h1-7,12,15H,8-11H2,(H,22,24). The number of piperidine rings is 1. The number of nitrogens with one attached hydrogen (secondary N) is 1. The number of likely N-dealkylation sites (tertiary alicyclic amines) is 1. The average Bonchev–Trinajstić information content (AvgIpc) is 2.62. The van der Waals surface area contributed by atoms with Crippen LogP contribution >= 0.6 is 11.6 Å². The van der Waals surface area contributed by atoms with E-state index in [1.165, 1.54) is 18.2 Å². The second-order valence-corrected chi connectivity index (χ2v) is 6.44. The molecule has 0 radical (unpaired) electrons. The van der Waals surface area contributed by atoms with Crippen molar-refractivity contribution in [3.8, 4) is 0 Å². The van der Waals surface area contributed by atoms with Crippen molar-refractivity contribution in [3.63, 3.8) is 0 Å². The van der Waals surface area contributed by atoms with Gasteiger partial charge in [-0.2, -0.15) is 0 Å². The molecule has 1 fully saturated rings. The molecule has 0 aromatic heterocycles. The molecular weight excluding hydrogens is 343 g/mol. The molecule has 130 valence electrons. The second kappa shape index (κ2) is 7.66. The van der Waals surface area contributed by atoms with E-state index in [1.54, 1.807) is 35.2 Å². The van der Waals surface area contributed by atoms with Gasteiger partial charge in [-0.3, -0.25) is 9.59 Å². The highest BCUT2D eigenvalue weighted by Crippen LogP contribution is 2.18. The van der Waals surface area contributed by atoms with Gasteiger partial charge in [0.05, 0.1) is 10.6 Å². The van der Waals surface area contributed by atoms with Gasteiger partial charge in [-0.05, 0) is 43.2 Å². The zero-order chi connectivity index (χ0) is 17.8. The SMILES string of the molecule is O=C(NC1CCN(C(=O)c2cccc(F)c2)CC1)c1ccccc1Cl. The number of rotatable bonds is 3. The van der Waals surface area contributed by atoms with Crippen LogP contribution in [0.4, 0.5) is 4.39 Å². The third-order valence-corrected chi connectivity index (χ3v) is 4.64. The lowest BCUT2D eigenvalue weighted by Gasteiger charge is -2.32. The minimum atomic E-state index is -0.423. The minimum absolute atomic E-state index is 0.0136. The lowest BCUT2D eigenvalue weighted by molar-refractivity contribution is 0.0697. The van der Waals surface area contributed by atoms with Crippen LogP contribution in [-0.4, -0.2) is 35.8 Å². The Labute approximate surface area is 150 Å². The number of amides is 2. The Kier molecular flexibility index (Phi) is 5.34. The molecule has 3 rings (SSSR count). The Balaban J connectivity index is 1.56. The van der Waals surface area contributed by atoms with E-state index < -0.39 is 5.82 Å². The van der Waals surface area contributed by atoms with E-state index in [2.05, 4.69) is 5.32 Å². The van der Waals surface area contributed by atoms with Crippen LogP contribution in [0.25, 0.3) is 0 Å². The van der Waals surface area contributed by atoms with E-state index in [1.807, 2.05) is 0 Å². The normalized spacial score (nSPS) is 15.0. The molecule has 6 heteroatoms. The first-order chi connectivity index (χ1) is 12.0. The summed E-state index contributed by atoms with van der Waals surface area (Å²) in [7, 11) is 0. The monoisotopic (exact) mass is 360 g/mol. The summed E-state index contributed by atoms with van der Waals surface area (Å²) in [6, 6.07) is 12.6. The van der Waals surface area contributed by atoms with Gasteiger partial charge >= 0.3 is 0 Å². The van der Waals surface area contributed by atoms with E-state index in [4.69, 9.17) is 11.6 Å². The molecule has 0 spiro atoms. The summed E-state index contributed by atoms with van der Waals surface area (Å²) in [6.45, 7) is 1.03. The van der Waals surface area contributed by atoms with Gasteiger partial charge in [-0.15, -0.1) is 0 Å². The highest BCUT2D eigenvalue weighted by atomic mass is 35.5. The summed E-state index contributed by atoms with van der Waals surface area (Å²) in [4.78, 5) is 26.4. The Morgan fingerprint density at radius 2 is 1.80 bits per heavy atom. The number of benzene rings is 2. The molecule has 4 nitrogen and oxygen atoms in total. The molecule has 0 saturated carbocycles. The third-order valence-electron chi connectivity index (χ3n) is 4.31. The Hall–Kier alpha value is -2.40. The molecule has 1 aliphatic heterocycles. The third kappa shape index (κ3) is 4.17. The second-order valence-electron chi connectivity index (χ2n) is 6.03. The largest absolute Gasteiger partial charge is 0.349 e. The Bertz CT molecular complexity index is 788. The molecule has 1 N–H and O–H groups in total. The maximum Gasteiger partial charge on any atom is 0.253 e. The number of carbonyl (C=O) groups is 2. The number of hydrogen-bond acceptors (Lipinski definition) is 2. The van der Waals surface area contributed by atoms with E-state index in [-0.39, 0.29) is 17.9 Å². The van der Waals surface area contributed by atoms with Crippen LogP contribution in [-0.2, 0) is 0 Å². The van der Waals surface area contributed by atoms with Crippen molar-refractivity contribution in [1.82, 2.24) is 10.2 Å². The molecule has 1 heterocycles. The molecule has 0 bridgehead atoms. The van der Waals surface area contributed by atoms with Crippen LogP contribution in [0.15, 0.2) is 48.5 Å². The molecule has 2 amide bonds. The molecular formula is C19H18ClFN2O2. The summed E-state index contributed by atoms with van der Waals surface area (Å²) in [6.07, 6.45) is 1.30. The Morgan fingerprint density at radius 3 is 2.48 bits per heavy atom. The van der Waals surface area contributed by atoms with Crippen molar-refractivity contribution in [1.29, 1.82) is 0 Å². The van der Waals surface area contributed by atoms with Gasteiger partial charge in [0.1, 0.15) is 5.82 Å². The van der Waals surface area contributed by atoms with Crippen LogP contribution in [0.1, 0.15) is 33.6 Å². The molecule has 1 aliphatic rings. The highest BCUT2D eigenvalue weighted by Gasteiger charge is 2.25. The molecule has 0 unspecified atom stereocenters. The van der Waals surface area contributed by atoms with Crippen LogP contribution in [0.2, 0.25) is 5.02 Å². The molecule has 1 saturated heterocycles. The summed E-state index contributed by atoms with van der Waals surface area (Å²) in [5.41, 5.74) is 0.793. The zero-order valence-electron chi connectivity index (χ0n) is 13.5. The first-order valence-electron chi connectivity index (χ1n) is 8.15. The van der Waals surface area contributed by atoms with Crippen LogP contribution in [0.3, 0.4) is 0 Å². The van der Waals surface area contributed by atoms with Crippen molar-refractivity contribution in [3.05, 3.63) is 70.5 Å². The molecule has 0 aliphatic carbocycles. The van der Waals surface area contributed by atoms with Gasteiger partial charge < -0.3 is 10.2 Å². The summed E-state index contributed by atoms with van der Waals surface area (Å²) >= 11 is 6.04. The quantitative estimate of drug-likeness (QED) is 0.910. The van der Waals surface area contributed by atoms with Crippen molar-refractivity contribution in [2.24, 2.45) is 0 Å². The maximum atomic E-state index is 13.3. The zero-order valence-corrected chi connectivity index (χ0v) is 14.3. The molecule has 2 aromatic carbocycles. The maximum absolute atomic E-state index is 13.3. The van der Waals surface area contributed by atoms with E-state index in [9.17, 15) is 14.0 Å². The first kappa shape index (κ1) is 17.4. The average molecular weight is 361 g/mol. The topological polar surface area (TPSA) is 49.4 Å². The minimum Gasteiger partial charge on any atom is -0.349 e. The number of nitrogens with zero attached hydrogens (tertiary/aromatic N) is 1. The lowest BCUT2D eigenvalue weighted by atomic mass is 10.0. The van der Waals surface area contributed by atoms with Crippen molar-refractivity contribution in [2.45, 2.75) is 18.9 Å². The van der Waals surface area contributed by atoms with Gasteiger partial charge in [-0.25, -0.2) is 4.39 Å². The molecule has 0 atom stereocenters. The summed E-state index contributed by atoms with van der Waals surface area (Å²) in [5, 5.41) is 3.38. The van der Waals surface area contributed by atoms with E-state index >= 15 is 0 Å². The molecule has 25 heavy (non-hydrogen) atoms. The predicted molar refractivity (Wildman–Crippen MR) is 94.2 cm³/mol. The van der Waals surface area contributed by atoms with E-state index in [0.717, 1.165) is 0 Å². The fourth-order valence-corrected chi connectivity index (χ4v) is 3.16. The van der Waals surface area contributed by atoms with Crippen molar-refractivity contribution >= 4 is 23.4 Å². The van der Waals surface area contributed by atoms with Gasteiger partial charge in [0, 0.05) is 24.7 Å². The number of halogens is 2. The van der Waals surface area contributed by atoms with E-state index in [0.29, 0.717) is 42.1 Å². The van der Waals surface area contributed by atoms with Gasteiger partial charge in [0.15, 0.2) is 0 Å². The fourth-order valence-electron chi connectivity index (χ4n) is 2.94. The smallest absolute Gasteiger partial charge is 0.253 e.